The van der Waals surface area contributed by atoms with Crippen molar-refractivity contribution in [1.29, 1.82) is 0 Å². The molecule has 3 heteroatoms. The number of hydrogen-bond acceptors (Lipinski definition) is 2. The van der Waals surface area contributed by atoms with Crippen LogP contribution in [-0.2, 0) is 4.43 Å². The van der Waals surface area contributed by atoms with Crippen molar-refractivity contribution in [1.82, 2.24) is 0 Å². The molecule has 0 aromatic rings. The molecule has 2 N–H and O–H groups in total. The minimum absolute atomic E-state index is 0.301. The Labute approximate surface area is 83.0 Å². The number of hydrogen-bond donors (Lipinski definition) is 1. The summed E-state index contributed by atoms with van der Waals surface area (Å²) in [5.74, 6) is 0.557. The smallest absolute Gasteiger partial charge is 0.206 e. The van der Waals surface area contributed by atoms with Crippen LogP contribution in [0.2, 0.25) is 12.6 Å². The van der Waals surface area contributed by atoms with Crippen LogP contribution in [0, 0.1) is 5.92 Å². The van der Waals surface area contributed by atoms with Crippen LogP contribution in [-0.4, -0.2) is 20.1 Å². The van der Waals surface area contributed by atoms with Gasteiger partial charge in [-0.3, -0.25) is 0 Å². The molecule has 0 aliphatic carbocycles. The van der Waals surface area contributed by atoms with Crippen molar-refractivity contribution >= 4 is 8.32 Å². The van der Waals surface area contributed by atoms with Crippen molar-refractivity contribution in [2.75, 3.05) is 0 Å². The molecule has 0 aromatic carbocycles. The van der Waals surface area contributed by atoms with Gasteiger partial charge in [-0.25, -0.2) is 0 Å². The average Bonchev–Trinajstić information content (AvgIpc) is 2.02. The van der Waals surface area contributed by atoms with Crippen molar-refractivity contribution in [3.05, 3.63) is 0 Å². The molecule has 0 radical (unpaired) electrons. The molecule has 0 aromatic heterocycles. The Morgan fingerprint density at radius 2 is 2.08 bits per heavy atom. The van der Waals surface area contributed by atoms with Crippen molar-refractivity contribution in [2.24, 2.45) is 11.7 Å². The van der Waals surface area contributed by atoms with E-state index in [1.807, 2.05) is 0 Å². The van der Waals surface area contributed by atoms with Crippen molar-refractivity contribution in [3.8, 4) is 0 Å². The monoisotopic (exact) mass is 201 g/mol. The highest BCUT2D eigenvalue weighted by molar-refractivity contribution is 6.74. The topological polar surface area (TPSA) is 35.2 Å². The van der Waals surface area contributed by atoms with Crippen molar-refractivity contribution in [3.63, 3.8) is 0 Å². The van der Waals surface area contributed by atoms with E-state index in [4.69, 9.17) is 10.2 Å². The van der Waals surface area contributed by atoms with Crippen LogP contribution in [0.5, 0.6) is 0 Å². The predicted molar refractivity (Wildman–Crippen MR) is 59.0 cm³/mol. The van der Waals surface area contributed by atoms with E-state index in [0.29, 0.717) is 17.7 Å². The summed E-state index contributed by atoms with van der Waals surface area (Å²) in [4.78, 5) is 0. The molecule has 0 spiro atoms. The van der Waals surface area contributed by atoms with Gasteiger partial charge in [0.05, 0.1) is 0 Å². The number of rotatable bonds is 2. The van der Waals surface area contributed by atoms with Crippen LogP contribution >= 0.6 is 0 Å². The Bertz CT molecular complexity index is 174. The molecule has 78 valence electrons. The van der Waals surface area contributed by atoms with Gasteiger partial charge in [-0.2, -0.15) is 0 Å². The summed E-state index contributed by atoms with van der Waals surface area (Å²) in [6.07, 6.45) is 2.97. The largest absolute Gasteiger partial charge is 0.413 e. The molecular formula is C10H23NOSi. The predicted octanol–water partition coefficient (Wildman–Crippen LogP) is 2.28. The highest BCUT2D eigenvalue weighted by Crippen LogP contribution is 2.29. The van der Waals surface area contributed by atoms with E-state index in [1.165, 1.54) is 18.9 Å². The molecule has 1 aliphatic rings. The molecule has 3 unspecified atom stereocenters. The van der Waals surface area contributed by atoms with Crippen LogP contribution in [0.15, 0.2) is 0 Å². The molecule has 3 atom stereocenters. The highest BCUT2D eigenvalue weighted by atomic mass is 28.4. The maximum atomic E-state index is 6.22. The summed E-state index contributed by atoms with van der Waals surface area (Å²) in [7, 11) is -1.59. The minimum Gasteiger partial charge on any atom is -0.413 e. The van der Waals surface area contributed by atoms with Gasteiger partial charge in [0.1, 0.15) is 0 Å². The SMILES string of the molecule is CC1CCC[Si](C)(C(N)C(C)C)O1. The zero-order valence-corrected chi connectivity index (χ0v) is 10.3. The molecule has 1 saturated heterocycles. The standard InChI is InChI=1S/C10H23NOSi/c1-8(2)10(11)13(4)7-5-6-9(3)12-13/h8-10H,5-7,11H2,1-4H3. The fourth-order valence-electron chi connectivity index (χ4n) is 2.27. The maximum Gasteiger partial charge on any atom is 0.206 e. The van der Waals surface area contributed by atoms with Crippen LogP contribution < -0.4 is 5.73 Å². The molecule has 0 saturated carbocycles. The molecular weight excluding hydrogens is 178 g/mol. The van der Waals surface area contributed by atoms with E-state index < -0.39 is 8.32 Å². The Balaban J connectivity index is 2.63. The normalized spacial score (nSPS) is 37.8. The van der Waals surface area contributed by atoms with Gasteiger partial charge in [0.15, 0.2) is 0 Å². The first-order valence-corrected chi connectivity index (χ1v) is 8.08. The first-order valence-electron chi connectivity index (χ1n) is 5.39. The summed E-state index contributed by atoms with van der Waals surface area (Å²) in [6, 6.07) is 1.25. The Kier molecular flexibility index (Phi) is 3.55. The molecule has 1 rings (SSSR count). The van der Waals surface area contributed by atoms with Crippen molar-refractivity contribution < 1.29 is 4.43 Å². The van der Waals surface area contributed by atoms with Gasteiger partial charge in [0.2, 0.25) is 8.32 Å². The molecule has 2 nitrogen and oxygen atoms in total. The van der Waals surface area contributed by atoms with E-state index in [-0.39, 0.29) is 0 Å². The Morgan fingerprint density at radius 1 is 1.46 bits per heavy atom. The van der Waals surface area contributed by atoms with E-state index >= 15 is 0 Å². The summed E-state index contributed by atoms with van der Waals surface area (Å²) in [6.45, 7) is 8.88. The third-order valence-electron chi connectivity index (χ3n) is 3.18. The second kappa shape index (κ2) is 4.11. The van der Waals surface area contributed by atoms with Gasteiger partial charge in [0, 0.05) is 11.8 Å². The molecule has 13 heavy (non-hydrogen) atoms. The summed E-state index contributed by atoms with van der Waals surface area (Å²) in [5, 5.41) is 0. The first kappa shape index (κ1) is 11.2. The molecule has 1 fully saturated rings. The van der Waals surface area contributed by atoms with Gasteiger partial charge in [0.25, 0.3) is 0 Å². The van der Waals surface area contributed by atoms with Crippen LogP contribution in [0.3, 0.4) is 0 Å². The first-order chi connectivity index (χ1) is 5.96. The summed E-state index contributed by atoms with van der Waals surface area (Å²) >= 11 is 0. The molecule has 1 heterocycles. The third-order valence-corrected chi connectivity index (χ3v) is 7.54. The van der Waals surface area contributed by atoms with Crippen molar-refractivity contribution in [2.45, 2.75) is 58.0 Å². The second-order valence-electron chi connectivity index (χ2n) is 4.90. The fraction of sp³-hybridized carbons (Fsp3) is 1.00. The second-order valence-corrected chi connectivity index (χ2v) is 8.93. The van der Waals surface area contributed by atoms with E-state index in [9.17, 15) is 0 Å². The maximum absolute atomic E-state index is 6.22. The molecule has 0 amide bonds. The fourth-order valence-corrected chi connectivity index (χ4v) is 6.23. The van der Waals surface area contributed by atoms with Crippen LogP contribution in [0.4, 0.5) is 0 Å². The van der Waals surface area contributed by atoms with Gasteiger partial charge in [-0.1, -0.05) is 20.3 Å². The Morgan fingerprint density at radius 3 is 2.54 bits per heavy atom. The van der Waals surface area contributed by atoms with Gasteiger partial charge < -0.3 is 10.2 Å². The molecule has 0 bridgehead atoms. The lowest BCUT2D eigenvalue weighted by Crippen LogP contribution is -2.58. The van der Waals surface area contributed by atoms with E-state index in [0.717, 1.165) is 0 Å². The highest BCUT2D eigenvalue weighted by Gasteiger charge is 2.41. The Hall–Kier alpha value is 0.137. The lowest BCUT2D eigenvalue weighted by Gasteiger charge is -2.41. The average molecular weight is 201 g/mol. The van der Waals surface area contributed by atoms with Crippen LogP contribution in [0.1, 0.15) is 33.6 Å². The molecule has 1 aliphatic heterocycles. The van der Waals surface area contributed by atoms with Gasteiger partial charge >= 0.3 is 0 Å². The lowest BCUT2D eigenvalue weighted by atomic mass is 10.2. The van der Waals surface area contributed by atoms with E-state index in [1.54, 1.807) is 0 Å². The minimum atomic E-state index is -1.59. The number of nitrogens with two attached hydrogens (primary N) is 1. The summed E-state index contributed by atoms with van der Waals surface area (Å²) < 4.78 is 6.11. The van der Waals surface area contributed by atoms with Gasteiger partial charge in [-0.15, -0.1) is 0 Å². The third kappa shape index (κ3) is 2.54. The van der Waals surface area contributed by atoms with E-state index in [2.05, 4.69) is 27.3 Å². The summed E-state index contributed by atoms with van der Waals surface area (Å²) in [5.41, 5.74) is 6.53. The van der Waals surface area contributed by atoms with Gasteiger partial charge in [-0.05, 0) is 31.9 Å². The zero-order chi connectivity index (χ0) is 10.1. The quantitative estimate of drug-likeness (QED) is 0.696. The van der Waals surface area contributed by atoms with Crippen LogP contribution in [0.25, 0.3) is 0 Å². The zero-order valence-electron chi connectivity index (χ0n) is 9.34. The lowest BCUT2D eigenvalue weighted by molar-refractivity contribution is 0.167.